The van der Waals surface area contributed by atoms with Crippen LogP contribution in [0.15, 0.2) is 0 Å². The highest BCUT2D eigenvalue weighted by atomic mass is 16.4. The highest BCUT2D eigenvalue weighted by Gasteiger charge is 2.21. The number of hydrogen-bond acceptors (Lipinski definition) is 10. The van der Waals surface area contributed by atoms with Crippen LogP contribution in [0, 0.1) is 0 Å². The lowest BCUT2D eigenvalue weighted by molar-refractivity contribution is -0.140. The Morgan fingerprint density at radius 2 is 0.765 bits per heavy atom. The highest BCUT2D eigenvalue weighted by molar-refractivity contribution is 5.74. The second kappa shape index (κ2) is 20.7. The molecule has 12 N–H and O–H groups in total. The normalized spacial score (nSPS) is 22.1. The standard InChI is InChI=1S/3C5H9NO2.2C2H5NO2/c3*7-5(8)4-2-1-3-6-4;2*3-1-2(4)5/h3*4,6H,1-3H2,(H,7,8);2*1,3H2,(H,4,5)/t3*4-;;/m000../s1. The van der Waals surface area contributed by atoms with E-state index < -0.39 is 29.8 Å². The van der Waals surface area contributed by atoms with E-state index in [-0.39, 0.29) is 31.2 Å². The van der Waals surface area contributed by atoms with Crippen LogP contribution < -0.4 is 27.4 Å². The van der Waals surface area contributed by atoms with Crippen molar-refractivity contribution in [3.8, 4) is 0 Å². The molecule has 3 rings (SSSR count). The van der Waals surface area contributed by atoms with Gasteiger partial charge in [-0.15, -0.1) is 0 Å². The van der Waals surface area contributed by atoms with Gasteiger partial charge in [-0.25, -0.2) is 0 Å². The first-order valence-electron chi connectivity index (χ1n) is 10.7. The van der Waals surface area contributed by atoms with Crippen LogP contribution in [0.25, 0.3) is 0 Å². The van der Waals surface area contributed by atoms with Crippen molar-refractivity contribution in [3.05, 3.63) is 0 Å². The second-order valence-electron chi connectivity index (χ2n) is 7.16. The fraction of sp³-hybridized carbons (Fsp3) is 0.737. The van der Waals surface area contributed by atoms with Crippen LogP contribution in [-0.2, 0) is 24.0 Å². The Labute approximate surface area is 196 Å². The van der Waals surface area contributed by atoms with E-state index in [0.29, 0.717) is 0 Å². The Kier molecular flexibility index (Phi) is 20.3. The van der Waals surface area contributed by atoms with Gasteiger partial charge in [0.2, 0.25) is 0 Å². The van der Waals surface area contributed by atoms with E-state index in [1.54, 1.807) is 0 Å². The summed E-state index contributed by atoms with van der Waals surface area (Å²) in [5, 5.41) is 48.8. The molecule has 34 heavy (non-hydrogen) atoms. The Morgan fingerprint density at radius 3 is 0.824 bits per heavy atom. The molecule has 0 amide bonds. The maximum atomic E-state index is 10.1. The number of carboxylic acids is 5. The summed E-state index contributed by atoms with van der Waals surface area (Å²) in [6.07, 6.45) is 5.35. The van der Waals surface area contributed by atoms with Gasteiger partial charge in [-0.2, -0.15) is 0 Å². The summed E-state index contributed by atoms with van der Waals surface area (Å²) in [6, 6.07) is -0.806. The smallest absolute Gasteiger partial charge is 0.320 e. The van der Waals surface area contributed by atoms with Gasteiger partial charge >= 0.3 is 29.8 Å². The molecule has 0 radical (unpaired) electrons. The van der Waals surface area contributed by atoms with Crippen LogP contribution in [0.1, 0.15) is 38.5 Å². The summed E-state index contributed by atoms with van der Waals surface area (Å²) in [5.41, 5.74) is 9.14. The minimum atomic E-state index is -0.968. The predicted octanol–water partition coefficient (Wildman–Crippen LogP) is -2.47. The molecule has 0 saturated carbocycles. The summed E-state index contributed by atoms with van der Waals surface area (Å²) in [5.74, 6) is -4.09. The van der Waals surface area contributed by atoms with Gasteiger partial charge in [0.25, 0.3) is 0 Å². The third kappa shape index (κ3) is 19.8. The summed E-state index contributed by atoms with van der Waals surface area (Å²) < 4.78 is 0. The fourth-order valence-electron chi connectivity index (χ4n) is 2.69. The van der Waals surface area contributed by atoms with Gasteiger partial charge in [0.15, 0.2) is 0 Å². The van der Waals surface area contributed by atoms with Gasteiger partial charge in [-0.3, -0.25) is 24.0 Å². The van der Waals surface area contributed by atoms with Crippen molar-refractivity contribution in [1.29, 1.82) is 0 Å². The van der Waals surface area contributed by atoms with Crippen molar-refractivity contribution in [2.24, 2.45) is 11.5 Å². The SMILES string of the molecule is NCC(=O)O.NCC(=O)O.O=C(O)[C@@H]1CCCN1.O=C(O)[C@@H]1CCCN1.O=C(O)[C@@H]1CCCN1. The molecule has 3 fully saturated rings. The minimum absolute atomic E-state index is 0.269. The molecule has 3 aliphatic heterocycles. The van der Waals surface area contributed by atoms with E-state index in [4.69, 9.17) is 25.5 Å². The Morgan fingerprint density at radius 1 is 0.559 bits per heavy atom. The van der Waals surface area contributed by atoms with Crippen molar-refractivity contribution >= 4 is 29.8 Å². The predicted molar refractivity (Wildman–Crippen MR) is 119 cm³/mol. The summed E-state index contributed by atoms with van der Waals surface area (Å²) >= 11 is 0. The van der Waals surface area contributed by atoms with Crippen LogP contribution in [-0.4, -0.2) is 106 Å². The molecule has 0 spiro atoms. The molecule has 3 saturated heterocycles. The number of rotatable bonds is 5. The number of hydrogen-bond donors (Lipinski definition) is 10. The Balaban J connectivity index is 0. The van der Waals surface area contributed by atoms with E-state index in [1.807, 2.05) is 0 Å². The summed E-state index contributed by atoms with van der Waals surface area (Å²) in [6.45, 7) is 2.02. The molecule has 0 aromatic rings. The van der Waals surface area contributed by atoms with E-state index in [2.05, 4.69) is 27.4 Å². The van der Waals surface area contributed by atoms with E-state index in [9.17, 15) is 24.0 Å². The maximum absolute atomic E-state index is 10.1. The Hall–Kier alpha value is -2.85. The highest BCUT2D eigenvalue weighted by Crippen LogP contribution is 2.04. The monoisotopic (exact) mass is 495 g/mol. The molecule has 15 heteroatoms. The number of aliphatic carboxylic acids is 5. The molecule has 15 nitrogen and oxygen atoms in total. The number of nitrogens with one attached hydrogen (secondary N) is 3. The zero-order valence-electron chi connectivity index (χ0n) is 18.9. The summed E-state index contributed by atoms with van der Waals surface area (Å²) in [4.78, 5) is 48.9. The van der Waals surface area contributed by atoms with Gasteiger partial charge < -0.3 is 53.0 Å². The van der Waals surface area contributed by atoms with Crippen LogP contribution >= 0.6 is 0 Å². The second-order valence-corrected chi connectivity index (χ2v) is 7.16. The lowest BCUT2D eigenvalue weighted by Gasteiger charge is -1.99. The molecular weight excluding hydrogens is 458 g/mol. The molecule has 0 aromatic carbocycles. The molecule has 3 heterocycles. The van der Waals surface area contributed by atoms with Crippen molar-refractivity contribution in [2.45, 2.75) is 56.7 Å². The van der Waals surface area contributed by atoms with Crippen molar-refractivity contribution in [1.82, 2.24) is 16.0 Å². The van der Waals surface area contributed by atoms with Gasteiger partial charge in [0.1, 0.15) is 18.1 Å². The number of nitrogens with two attached hydrogens (primary N) is 2. The average Bonchev–Trinajstić information content (AvgIpc) is 3.58. The molecule has 0 aromatic heterocycles. The third-order valence-corrected chi connectivity index (χ3v) is 4.42. The van der Waals surface area contributed by atoms with Crippen LogP contribution in [0.5, 0.6) is 0 Å². The van der Waals surface area contributed by atoms with E-state index in [0.717, 1.165) is 58.2 Å². The fourth-order valence-corrected chi connectivity index (χ4v) is 2.69. The van der Waals surface area contributed by atoms with Crippen LogP contribution in [0.2, 0.25) is 0 Å². The zero-order valence-corrected chi connectivity index (χ0v) is 18.9. The molecule has 0 unspecified atom stereocenters. The molecule has 0 bridgehead atoms. The molecule has 3 aliphatic rings. The van der Waals surface area contributed by atoms with Gasteiger partial charge in [0, 0.05) is 0 Å². The van der Waals surface area contributed by atoms with Crippen molar-refractivity contribution < 1.29 is 49.5 Å². The van der Waals surface area contributed by atoms with Gasteiger partial charge in [-0.05, 0) is 58.2 Å². The lowest BCUT2D eigenvalue weighted by Crippen LogP contribution is -2.29. The minimum Gasteiger partial charge on any atom is -0.480 e. The number of carbonyl (C=O) groups is 5. The first-order valence-corrected chi connectivity index (χ1v) is 10.7. The first-order chi connectivity index (χ1) is 16.0. The quantitative estimate of drug-likeness (QED) is 0.189. The largest absolute Gasteiger partial charge is 0.480 e. The van der Waals surface area contributed by atoms with Gasteiger partial charge in [-0.1, -0.05) is 0 Å². The first kappa shape index (κ1) is 33.3. The topological polar surface area (TPSA) is 275 Å². The van der Waals surface area contributed by atoms with Crippen molar-refractivity contribution in [2.75, 3.05) is 32.7 Å². The molecule has 198 valence electrons. The Bertz CT molecular complexity index is 541. The number of carboxylic acid groups (broad SMARTS) is 5. The van der Waals surface area contributed by atoms with Crippen LogP contribution in [0.3, 0.4) is 0 Å². The van der Waals surface area contributed by atoms with E-state index in [1.165, 1.54) is 0 Å². The molecule has 0 aliphatic carbocycles. The third-order valence-electron chi connectivity index (χ3n) is 4.42. The zero-order chi connectivity index (χ0) is 26.5. The molecule has 3 atom stereocenters. The molecular formula is C19H37N5O10. The maximum Gasteiger partial charge on any atom is 0.320 e. The van der Waals surface area contributed by atoms with Gasteiger partial charge in [0.05, 0.1) is 13.1 Å². The summed E-state index contributed by atoms with van der Waals surface area (Å²) in [7, 11) is 0. The average molecular weight is 496 g/mol. The van der Waals surface area contributed by atoms with Crippen molar-refractivity contribution in [3.63, 3.8) is 0 Å². The van der Waals surface area contributed by atoms with Crippen LogP contribution in [0.4, 0.5) is 0 Å². The van der Waals surface area contributed by atoms with E-state index >= 15 is 0 Å². The lowest BCUT2D eigenvalue weighted by atomic mass is 10.2.